The number of hydrogen-bond donors (Lipinski definition) is 2. The van der Waals surface area contributed by atoms with Gasteiger partial charge in [-0.25, -0.2) is 0 Å². The van der Waals surface area contributed by atoms with E-state index in [-0.39, 0.29) is 0 Å². The molecule has 0 bridgehead atoms. The number of H-pyrrole nitrogens is 1. The van der Waals surface area contributed by atoms with Gasteiger partial charge in [0.2, 0.25) is 0 Å². The van der Waals surface area contributed by atoms with Gasteiger partial charge in [-0.2, -0.15) is 5.10 Å². The van der Waals surface area contributed by atoms with Crippen LogP contribution < -0.4 is 0 Å². The molecule has 0 radical (unpaired) electrons. The van der Waals surface area contributed by atoms with Crippen LogP contribution >= 0.6 is 24.8 Å². The van der Waals surface area contributed by atoms with Crippen LogP contribution in [0.3, 0.4) is 0 Å². The van der Waals surface area contributed by atoms with Gasteiger partial charge in [0.05, 0.1) is 5.69 Å². The molecule has 56 valence electrons. The van der Waals surface area contributed by atoms with E-state index in [1.54, 1.807) is 0 Å². The second-order valence-electron chi connectivity index (χ2n) is 1.80. The highest BCUT2D eigenvalue weighted by atomic mass is 32.1. The van der Waals surface area contributed by atoms with Crippen molar-refractivity contribution in [1.29, 1.82) is 0 Å². The largest absolute Gasteiger partial charge is 0.283 e. The number of thiol groups is 1. The standard InChI is InChI=1S/C5H8N2.CH2S2/c1-4-3-5(2)7-6-4;2-1-3/h3H,1-2H3,(H,6,7);1H,(H,2,3). The van der Waals surface area contributed by atoms with E-state index in [1.165, 1.54) is 4.70 Å². The minimum atomic E-state index is 1.05. The summed E-state index contributed by atoms with van der Waals surface area (Å²) in [7, 11) is 0. The minimum Gasteiger partial charge on any atom is -0.283 e. The number of thiocarbonyl (C=S) groups is 1. The average molecular weight is 174 g/mol. The van der Waals surface area contributed by atoms with Gasteiger partial charge in [-0.05, 0) is 19.9 Å². The van der Waals surface area contributed by atoms with Gasteiger partial charge in [-0.15, -0.1) is 12.6 Å². The molecule has 0 fully saturated rings. The van der Waals surface area contributed by atoms with Crippen LogP contribution in [0.5, 0.6) is 0 Å². The van der Waals surface area contributed by atoms with Crippen LogP contribution in [0.15, 0.2) is 6.07 Å². The molecule has 0 saturated heterocycles. The number of rotatable bonds is 0. The molecule has 0 amide bonds. The van der Waals surface area contributed by atoms with Crippen molar-refractivity contribution in [3.8, 4) is 0 Å². The van der Waals surface area contributed by atoms with Crippen LogP contribution in [0.1, 0.15) is 11.4 Å². The first-order valence-electron chi connectivity index (χ1n) is 2.77. The minimum absolute atomic E-state index is 1.05. The molecule has 0 unspecified atom stereocenters. The monoisotopic (exact) mass is 174 g/mol. The Morgan fingerprint density at radius 3 is 2.30 bits per heavy atom. The van der Waals surface area contributed by atoms with Gasteiger partial charge in [0, 0.05) is 10.4 Å². The first-order valence-corrected chi connectivity index (χ1v) is 3.76. The van der Waals surface area contributed by atoms with E-state index < -0.39 is 0 Å². The van der Waals surface area contributed by atoms with E-state index in [4.69, 9.17) is 0 Å². The summed E-state index contributed by atoms with van der Waals surface area (Å²) < 4.78 is 1.28. The summed E-state index contributed by atoms with van der Waals surface area (Å²) in [5.41, 5.74) is 2.18. The first-order chi connectivity index (χ1) is 4.70. The number of aryl methyl sites for hydroxylation is 2. The highest BCUT2D eigenvalue weighted by Crippen LogP contribution is 1.92. The highest BCUT2D eigenvalue weighted by molar-refractivity contribution is 8.08. The van der Waals surface area contributed by atoms with Crippen molar-refractivity contribution in [2.45, 2.75) is 13.8 Å². The Morgan fingerprint density at radius 1 is 1.70 bits per heavy atom. The van der Waals surface area contributed by atoms with Crippen LogP contribution in [-0.4, -0.2) is 14.9 Å². The SMILES string of the molecule is Cc1cc(C)[nH]n1.S=CS. The molecule has 1 rings (SSSR count). The van der Waals surface area contributed by atoms with E-state index in [2.05, 4.69) is 35.0 Å². The average Bonchev–Trinajstić information content (AvgIpc) is 2.17. The lowest BCUT2D eigenvalue weighted by Gasteiger charge is -1.68. The molecule has 1 N–H and O–H groups in total. The molecule has 1 aromatic rings. The Bertz CT molecular complexity index is 179. The van der Waals surface area contributed by atoms with Gasteiger partial charge < -0.3 is 0 Å². The summed E-state index contributed by atoms with van der Waals surface area (Å²) >= 11 is 7.61. The van der Waals surface area contributed by atoms with E-state index in [1.807, 2.05) is 19.9 Å². The van der Waals surface area contributed by atoms with Gasteiger partial charge in [0.1, 0.15) is 0 Å². The van der Waals surface area contributed by atoms with Crippen molar-refractivity contribution in [3.63, 3.8) is 0 Å². The van der Waals surface area contributed by atoms with Crippen molar-refractivity contribution in [2.75, 3.05) is 0 Å². The molecule has 0 atom stereocenters. The van der Waals surface area contributed by atoms with Gasteiger partial charge in [-0.1, -0.05) is 12.2 Å². The Labute approximate surface area is 71.4 Å². The quantitative estimate of drug-likeness (QED) is 0.464. The molecule has 1 heterocycles. The van der Waals surface area contributed by atoms with Crippen LogP contribution in [0.25, 0.3) is 0 Å². The summed E-state index contributed by atoms with van der Waals surface area (Å²) in [6.07, 6.45) is 0. The third-order valence-electron chi connectivity index (χ3n) is 0.834. The zero-order chi connectivity index (χ0) is 7.98. The topological polar surface area (TPSA) is 28.7 Å². The van der Waals surface area contributed by atoms with E-state index in [9.17, 15) is 0 Å². The molecule has 0 aliphatic rings. The van der Waals surface area contributed by atoms with Crippen molar-refractivity contribution in [1.82, 2.24) is 10.2 Å². The number of aromatic nitrogens is 2. The molecular formula is C6H10N2S2. The maximum absolute atomic E-state index is 4.13. The second kappa shape index (κ2) is 5.44. The van der Waals surface area contributed by atoms with E-state index in [0.717, 1.165) is 11.4 Å². The fourth-order valence-corrected chi connectivity index (χ4v) is 0.554. The molecule has 10 heavy (non-hydrogen) atoms. The summed E-state index contributed by atoms with van der Waals surface area (Å²) in [6.45, 7) is 3.95. The van der Waals surface area contributed by atoms with Gasteiger partial charge in [0.15, 0.2) is 0 Å². The van der Waals surface area contributed by atoms with Crippen LogP contribution in [-0.2, 0) is 0 Å². The normalized spacial score (nSPS) is 7.90. The lowest BCUT2D eigenvalue weighted by atomic mass is 10.4. The van der Waals surface area contributed by atoms with Crippen LogP contribution in [0, 0.1) is 13.8 Å². The Kier molecular flexibility index (Phi) is 5.25. The fourth-order valence-electron chi connectivity index (χ4n) is 0.554. The number of aromatic amines is 1. The Balaban J connectivity index is 0.000000236. The summed E-state index contributed by atoms with van der Waals surface area (Å²) in [5.74, 6) is 0. The molecule has 0 aliphatic heterocycles. The van der Waals surface area contributed by atoms with Gasteiger partial charge in [0.25, 0.3) is 0 Å². The first kappa shape index (κ1) is 9.65. The maximum atomic E-state index is 4.13. The third-order valence-corrected chi connectivity index (χ3v) is 0.834. The summed E-state index contributed by atoms with van der Waals surface area (Å²) in [5, 5.41) is 6.71. The van der Waals surface area contributed by atoms with Gasteiger partial charge in [-0.3, -0.25) is 5.10 Å². The molecular weight excluding hydrogens is 164 g/mol. The second-order valence-corrected chi connectivity index (χ2v) is 2.64. The molecule has 0 spiro atoms. The molecule has 4 heteroatoms. The summed E-state index contributed by atoms with van der Waals surface area (Å²) in [4.78, 5) is 0. The van der Waals surface area contributed by atoms with Crippen molar-refractivity contribution >= 4 is 29.5 Å². The maximum Gasteiger partial charge on any atom is 0.0593 e. The fraction of sp³-hybridized carbons (Fsp3) is 0.333. The third kappa shape index (κ3) is 4.52. The van der Waals surface area contributed by atoms with Crippen LogP contribution in [0.2, 0.25) is 0 Å². The Morgan fingerprint density at radius 2 is 2.20 bits per heavy atom. The molecule has 0 aliphatic carbocycles. The number of nitrogens with zero attached hydrogens (tertiary/aromatic N) is 1. The predicted octanol–water partition coefficient (Wildman–Crippen LogP) is 1.90. The highest BCUT2D eigenvalue weighted by Gasteiger charge is 1.84. The van der Waals surface area contributed by atoms with Crippen LogP contribution in [0.4, 0.5) is 0 Å². The molecule has 0 aromatic carbocycles. The van der Waals surface area contributed by atoms with Crippen molar-refractivity contribution < 1.29 is 0 Å². The lowest BCUT2D eigenvalue weighted by molar-refractivity contribution is 1.02. The lowest BCUT2D eigenvalue weighted by Crippen LogP contribution is -1.68. The van der Waals surface area contributed by atoms with Crippen molar-refractivity contribution in [3.05, 3.63) is 17.5 Å². The molecule has 0 saturated carbocycles. The van der Waals surface area contributed by atoms with E-state index >= 15 is 0 Å². The predicted molar refractivity (Wildman–Crippen MR) is 50.7 cm³/mol. The Hall–Kier alpha value is -0.350. The van der Waals surface area contributed by atoms with Gasteiger partial charge >= 0.3 is 0 Å². The smallest absolute Gasteiger partial charge is 0.0593 e. The molecule has 2 nitrogen and oxygen atoms in total. The zero-order valence-corrected chi connectivity index (χ0v) is 7.67. The number of hydrogen-bond acceptors (Lipinski definition) is 2. The number of nitrogens with one attached hydrogen (secondary N) is 1. The molecule has 1 aromatic heterocycles. The summed E-state index contributed by atoms with van der Waals surface area (Å²) in [6, 6.07) is 2.00. The zero-order valence-electron chi connectivity index (χ0n) is 5.96. The van der Waals surface area contributed by atoms with E-state index in [0.29, 0.717) is 0 Å². The van der Waals surface area contributed by atoms with Crippen molar-refractivity contribution in [2.24, 2.45) is 0 Å².